The highest BCUT2D eigenvalue weighted by Gasteiger charge is 2.26. The Morgan fingerprint density at radius 2 is 1.60 bits per heavy atom. The molecule has 0 aliphatic heterocycles. The third-order valence-corrected chi connectivity index (χ3v) is 4.38. The van der Waals surface area contributed by atoms with Gasteiger partial charge < -0.3 is 15.4 Å². The molecule has 0 heterocycles. The van der Waals surface area contributed by atoms with Crippen LogP contribution in [0.3, 0.4) is 0 Å². The van der Waals surface area contributed by atoms with Crippen molar-refractivity contribution in [3.05, 3.63) is 65.5 Å². The van der Waals surface area contributed by atoms with Crippen LogP contribution in [0.4, 0.5) is 13.2 Å². The van der Waals surface area contributed by atoms with Gasteiger partial charge in [0, 0.05) is 6.54 Å². The number of ether oxygens (including phenoxy) is 1. The van der Waals surface area contributed by atoms with Crippen LogP contribution in [0.2, 0.25) is 0 Å². The summed E-state index contributed by atoms with van der Waals surface area (Å²) in [5, 5.41) is 5.12. The van der Waals surface area contributed by atoms with E-state index in [1.165, 1.54) is 24.3 Å². The number of hydrogen-bond acceptors (Lipinski definition) is 3. The van der Waals surface area contributed by atoms with Crippen LogP contribution in [-0.2, 0) is 4.79 Å². The van der Waals surface area contributed by atoms with Gasteiger partial charge >= 0.3 is 0 Å². The second kappa shape index (κ2) is 11.2. The van der Waals surface area contributed by atoms with Crippen molar-refractivity contribution < 1.29 is 27.5 Å². The molecule has 0 saturated heterocycles. The third-order valence-electron chi connectivity index (χ3n) is 4.38. The van der Waals surface area contributed by atoms with Gasteiger partial charge in [-0.3, -0.25) is 9.59 Å². The SMILES string of the molecule is CC(C)C(NC(=O)c1c(F)cccc1F)C(=O)NCCCCOc1ccc(F)cc1. The van der Waals surface area contributed by atoms with Crippen molar-refractivity contribution in [2.24, 2.45) is 5.92 Å². The Balaban J connectivity index is 1.78. The molecule has 0 aliphatic rings. The van der Waals surface area contributed by atoms with E-state index in [-0.39, 0.29) is 11.7 Å². The van der Waals surface area contributed by atoms with Crippen molar-refractivity contribution in [2.75, 3.05) is 13.2 Å². The molecule has 30 heavy (non-hydrogen) atoms. The summed E-state index contributed by atoms with van der Waals surface area (Å²) in [5.74, 6) is -3.46. The maximum Gasteiger partial charge on any atom is 0.257 e. The molecule has 2 aromatic carbocycles. The van der Waals surface area contributed by atoms with Crippen LogP contribution in [0.15, 0.2) is 42.5 Å². The molecule has 1 unspecified atom stereocenters. The molecule has 0 aromatic heterocycles. The van der Waals surface area contributed by atoms with Gasteiger partial charge in [-0.1, -0.05) is 19.9 Å². The minimum absolute atomic E-state index is 0.286. The number of rotatable bonds is 10. The Kier molecular flexibility index (Phi) is 8.70. The zero-order valence-corrected chi connectivity index (χ0v) is 16.9. The van der Waals surface area contributed by atoms with E-state index >= 15 is 0 Å². The molecule has 2 rings (SSSR count). The van der Waals surface area contributed by atoms with Gasteiger partial charge in [0.1, 0.15) is 34.8 Å². The predicted octanol–water partition coefficient (Wildman–Crippen LogP) is 3.83. The van der Waals surface area contributed by atoms with Crippen molar-refractivity contribution in [1.29, 1.82) is 0 Å². The molecule has 0 bridgehead atoms. The normalized spacial score (nSPS) is 11.8. The average molecular weight is 422 g/mol. The summed E-state index contributed by atoms with van der Waals surface area (Å²) in [6.07, 6.45) is 1.27. The fraction of sp³-hybridized carbons (Fsp3) is 0.364. The summed E-state index contributed by atoms with van der Waals surface area (Å²) in [7, 11) is 0. The van der Waals surface area contributed by atoms with Crippen LogP contribution >= 0.6 is 0 Å². The third kappa shape index (κ3) is 6.79. The molecule has 0 saturated carbocycles. The molecule has 0 spiro atoms. The first-order valence-electron chi connectivity index (χ1n) is 9.70. The number of carbonyl (C=O) groups excluding carboxylic acids is 2. The smallest absolute Gasteiger partial charge is 0.257 e. The highest BCUT2D eigenvalue weighted by Crippen LogP contribution is 2.14. The highest BCUT2D eigenvalue weighted by atomic mass is 19.1. The standard InChI is InChI=1S/C22H25F3N2O3/c1-14(2)20(27-21(28)19-17(24)6-5-7-18(19)25)22(29)26-12-3-4-13-30-16-10-8-15(23)9-11-16/h5-11,14,20H,3-4,12-13H2,1-2H3,(H,26,29)(H,27,28). The zero-order valence-electron chi connectivity index (χ0n) is 16.9. The summed E-state index contributed by atoms with van der Waals surface area (Å²) >= 11 is 0. The number of unbranched alkanes of at least 4 members (excludes halogenated alkanes) is 1. The second-order valence-electron chi connectivity index (χ2n) is 7.09. The molecular formula is C22H25F3N2O3. The lowest BCUT2D eigenvalue weighted by molar-refractivity contribution is -0.123. The van der Waals surface area contributed by atoms with Crippen LogP contribution in [0, 0.1) is 23.4 Å². The number of amides is 2. The largest absolute Gasteiger partial charge is 0.494 e. The minimum Gasteiger partial charge on any atom is -0.494 e. The molecule has 2 N–H and O–H groups in total. The Labute approximate surface area is 173 Å². The van der Waals surface area contributed by atoms with Crippen molar-refractivity contribution in [1.82, 2.24) is 10.6 Å². The number of nitrogens with one attached hydrogen (secondary N) is 2. The Hall–Kier alpha value is -3.03. The highest BCUT2D eigenvalue weighted by molar-refractivity contribution is 5.98. The van der Waals surface area contributed by atoms with Crippen LogP contribution in [-0.4, -0.2) is 31.0 Å². The fourth-order valence-corrected chi connectivity index (χ4v) is 2.73. The predicted molar refractivity (Wildman–Crippen MR) is 107 cm³/mol. The number of benzene rings is 2. The van der Waals surface area contributed by atoms with E-state index in [1.54, 1.807) is 13.8 Å². The molecule has 0 fully saturated rings. The lowest BCUT2D eigenvalue weighted by atomic mass is 10.0. The second-order valence-corrected chi connectivity index (χ2v) is 7.09. The first kappa shape index (κ1) is 23.3. The monoisotopic (exact) mass is 422 g/mol. The average Bonchev–Trinajstić information content (AvgIpc) is 2.69. The summed E-state index contributed by atoms with van der Waals surface area (Å²) in [6, 6.07) is 7.87. The van der Waals surface area contributed by atoms with Crippen LogP contribution in [0.1, 0.15) is 37.0 Å². The van der Waals surface area contributed by atoms with E-state index in [9.17, 15) is 22.8 Å². The maximum absolute atomic E-state index is 13.8. The number of carbonyl (C=O) groups is 2. The van der Waals surface area contributed by atoms with E-state index < -0.39 is 35.1 Å². The van der Waals surface area contributed by atoms with Crippen LogP contribution < -0.4 is 15.4 Å². The van der Waals surface area contributed by atoms with E-state index in [1.807, 2.05) is 0 Å². The fourth-order valence-electron chi connectivity index (χ4n) is 2.73. The summed E-state index contributed by atoms with van der Waals surface area (Å²) < 4.78 is 45.9. The van der Waals surface area contributed by atoms with Crippen molar-refractivity contribution in [2.45, 2.75) is 32.7 Å². The first-order chi connectivity index (χ1) is 14.3. The van der Waals surface area contributed by atoms with Crippen LogP contribution in [0.25, 0.3) is 0 Å². The molecule has 0 aliphatic carbocycles. The molecule has 2 amide bonds. The van der Waals surface area contributed by atoms with Crippen molar-refractivity contribution in [3.63, 3.8) is 0 Å². The molecule has 162 valence electrons. The lowest BCUT2D eigenvalue weighted by Gasteiger charge is -2.22. The molecule has 1 atom stereocenters. The molecule has 8 heteroatoms. The molecule has 2 aromatic rings. The van der Waals surface area contributed by atoms with Gasteiger partial charge in [-0.2, -0.15) is 0 Å². The first-order valence-corrected chi connectivity index (χ1v) is 9.70. The number of halogens is 3. The summed E-state index contributed by atoms with van der Waals surface area (Å²) in [6.45, 7) is 4.19. The van der Waals surface area contributed by atoms with Gasteiger partial charge in [0.2, 0.25) is 5.91 Å². The van der Waals surface area contributed by atoms with Gasteiger partial charge in [-0.05, 0) is 55.2 Å². The Bertz CT molecular complexity index is 837. The molecule has 5 nitrogen and oxygen atoms in total. The summed E-state index contributed by atoms with van der Waals surface area (Å²) in [5.41, 5.74) is -0.714. The minimum atomic E-state index is -0.989. The van der Waals surface area contributed by atoms with Crippen molar-refractivity contribution >= 4 is 11.8 Å². The van der Waals surface area contributed by atoms with Gasteiger partial charge in [-0.25, -0.2) is 13.2 Å². The van der Waals surface area contributed by atoms with E-state index in [4.69, 9.17) is 4.74 Å². The molecule has 0 radical (unpaired) electrons. The number of hydrogen-bond donors (Lipinski definition) is 2. The Morgan fingerprint density at radius 3 is 2.20 bits per heavy atom. The Morgan fingerprint density at radius 1 is 0.967 bits per heavy atom. The van der Waals surface area contributed by atoms with Crippen molar-refractivity contribution in [3.8, 4) is 5.75 Å². The quantitative estimate of drug-likeness (QED) is 0.572. The van der Waals surface area contributed by atoms with Gasteiger partial charge in [0.05, 0.1) is 6.61 Å². The topological polar surface area (TPSA) is 67.4 Å². The van der Waals surface area contributed by atoms with E-state index in [2.05, 4.69) is 10.6 Å². The lowest BCUT2D eigenvalue weighted by Crippen LogP contribution is -2.50. The zero-order chi connectivity index (χ0) is 22.1. The van der Waals surface area contributed by atoms with E-state index in [0.29, 0.717) is 31.7 Å². The molecular weight excluding hydrogens is 397 g/mol. The van der Waals surface area contributed by atoms with Gasteiger partial charge in [0.25, 0.3) is 5.91 Å². The van der Waals surface area contributed by atoms with Gasteiger partial charge in [-0.15, -0.1) is 0 Å². The summed E-state index contributed by atoms with van der Waals surface area (Å²) in [4.78, 5) is 24.7. The van der Waals surface area contributed by atoms with Gasteiger partial charge in [0.15, 0.2) is 0 Å². The maximum atomic E-state index is 13.8. The van der Waals surface area contributed by atoms with E-state index in [0.717, 1.165) is 18.2 Å². The van der Waals surface area contributed by atoms with Crippen LogP contribution in [0.5, 0.6) is 5.75 Å².